The molecule has 3 heteroatoms. The first-order chi connectivity index (χ1) is 8.19. The molecule has 1 N–H and O–H groups in total. The lowest BCUT2D eigenvalue weighted by atomic mass is 9.88. The number of likely N-dealkylation sites (N-methyl/N-ethyl adjacent to an activating group) is 1. The molecule has 100 valence electrons. The molecule has 17 heavy (non-hydrogen) atoms. The van der Waals surface area contributed by atoms with Crippen LogP contribution in [0.4, 0.5) is 0 Å². The molecule has 2 rings (SSSR count). The zero-order valence-electron chi connectivity index (χ0n) is 11.3. The van der Waals surface area contributed by atoms with Crippen LogP contribution >= 0.6 is 0 Å². The fourth-order valence-electron chi connectivity index (χ4n) is 3.74. The maximum Gasteiger partial charge on any atom is 0.0900 e. The van der Waals surface area contributed by atoms with Gasteiger partial charge in [0.15, 0.2) is 0 Å². The zero-order valence-corrected chi connectivity index (χ0v) is 11.3. The minimum absolute atomic E-state index is 0.335. The molecule has 2 saturated carbocycles. The van der Waals surface area contributed by atoms with E-state index in [1.807, 2.05) is 6.92 Å². The molecule has 0 heterocycles. The summed E-state index contributed by atoms with van der Waals surface area (Å²) in [5.74, 6) is 2.89. The lowest BCUT2D eigenvalue weighted by molar-refractivity contribution is 0.0219. The third kappa shape index (κ3) is 3.67. The maximum atomic E-state index is 9.79. The molecule has 0 spiro atoms. The molecule has 4 unspecified atom stereocenters. The van der Waals surface area contributed by atoms with Crippen molar-refractivity contribution in [2.24, 2.45) is 17.8 Å². The van der Waals surface area contributed by atoms with Crippen LogP contribution in [0.3, 0.4) is 0 Å². The number of rotatable bonds is 7. The van der Waals surface area contributed by atoms with Crippen LogP contribution in [0.1, 0.15) is 32.6 Å². The predicted octanol–water partition coefficient (Wildman–Crippen LogP) is 1.75. The van der Waals surface area contributed by atoms with Gasteiger partial charge < -0.3 is 14.7 Å². The number of ether oxygens (including phenoxy) is 1. The maximum absolute atomic E-state index is 9.79. The van der Waals surface area contributed by atoms with Crippen molar-refractivity contribution in [3.8, 4) is 0 Å². The second-order valence-corrected chi connectivity index (χ2v) is 5.97. The van der Waals surface area contributed by atoms with Crippen LogP contribution in [0.2, 0.25) is 0 Å². The van der Waals surface area contributed by atoms with Crippen molar-refractivity contribution in [1.82, 2.24) is 4.90 Å². The number of nitrogens with zero attached hydrogens (tertiary/aromatic N) is 1. The van der Waals surface area contributed by atoms with Gasteiger partial charge in [0, 0.05) is 19.7 Å². The zero-order chi connectivity index (χ0) is 12.3. The minimum Gasteiger partial charge on any atom is -0.389 e. The summed E-state index contributed by atoms with van der Waals surface area (Å²) in [4.78, 5) is 2.29. The molecule has 2 bridgehead atoms. The first-order valence-corrected chi connectivity index (χ1v) is 7.13. The van der Waals surface area contributed by atoms with Gasteiger partial charge in [0.2, 0.25) is 0 Å². The van der Waals surface area contributed by atoms with Crippen molar-refractivity contribution in [1.29, 1.82) is 0 Å². The average molecular weight is 241 g/mol. The van der Waals surface area contributed by atoms with Gasteiger partial charge in [-0.25, -0.2) is 0 Å². The molecule has 2 aliphatic carbocycles. The standard InChI is InChI=1S/C14H27NO2/c1-3-17-10-14(16)9-15(2)8-13-7-11-4-5-12(13)6-11/h11-14,16H,3-10H2,1-2H3. The molecule has 2 aliphatic rings. The largest absolute Gasteiger partial charge is 0.389 e. The van der Waals surface area contributed by atoms with Crippen molar-refractivity contribution in [2.75, 3.05) is 33.4 Å². The molecule has 0 aromatic heterocycles. The molecule has 4 atom stereocenters. The average Bonchev–Trinajstić information content (AvgIpc) is 2.87. The summed E-state index contributed by atoms with van der Waals surface area (Å²) in [5.41, 5.74) is 0. The molecule has 0 aromatic carbocycles. The Labute approximate surface area is 105 Å². The molecule has 3 nitrogen and oxygen atoms in total. The van der Waals surface area contributed by atoms with E-state index in [1.54, 1.807) is 0 Å². The highest BCUT2D eigenvalue weighted by molar-refractivity contribution is 4.91. The van der Waals surface area contributed by atoms with Gasteiger partial charge in [-0.3, -0.25) is 0 Å². The van der Waals surface area contributed by atoms with Crippen LogP contribution < -0.4 is 0 Å². The molecule has 0 aromatic rings. The van der Waals surface area contributed by atoms with Crippen LogP contribution in [0.5, 0.6) is 0 Å². The monoisotopic (exact) mass is 241 g/mol. The number of hydrogen-bond donors (Lipinski definition) is 1. The highest BCUT2D eigenvalue weighted by atomic mass is 16.5. The van der Waals surface area contributed by atoms with Crippen molar-refractivity contribution in [3.63, 3.8) is 0 Å². The van der Waals surface area contributed by atoms with Crippen LogP contribution in [0, 0.1) is 17.8 Å². The van der Waals surface area contributed by atoms with E-state index in [-0.39, 0.29) is 6.10 Å². The van der Waals surface area contributed by atoms with E-state index in [0.717, 1.165) is 30.8 Å². The van der Waals surface area contributed by atoms with E-state index in [4.69, 9.17) is 4.74 Å². The lowest BCUT2D eigenvalue weighted by Gasteiger charge is -2.28. The quantitative estimate of drug-likeness (QED) is 0.737. The molecule has 0 amide bonds. The highest BCUT2D eigenvalue weighted by Crippen LogP contribution is 2.48. The first-order valence-electron chi connectivity index (χ1n) is 7.13. The Bertz CT molecular complexity index is 234. The van der Waals surface area contributed by atoms with E-state index >= 15 is 0 Å². The topological polar surface area (TPSA) is 32.7 Å². The third-order valence-electron chi connectivity index (χ3n) is 4.47. The van der Waals surface area contributed by atoms with E-state index in [2.05, 4.69) is 11.9 Å². The first kappa shape index (κ1) is 13.3. The molecule has 2 fully saturated rings. The number of aliphatic hydroxyl groups excluding tert-OH is 1. The summed E-state index contributed by atoms with van der Waals surface area (Å²) in [7, 11) is 2.13. The van der Waals surface area contributed by atoms with Crippen molar-refractivity contribution < 1.29 is 9.84 Å². The minimum atomic E-state index is -0.335. The van der Waals surface area contributed by atoms with Crippen LogP contribution in [-0.4, -0.2) is 49.5 Å². The van der Waals surface area contributed by atoms with Crippen molar-refractivity contribution >= 4 is 0 Å². The highest BCUT2D eigenvalue weighted by Gasteiger charge is 2.39. The van der Waals surface area contributed by atoms with Crippen LogP contribution in [0.25, 0.3) is 0 Å². The summed E-state index contributed by atoms with van der Waals surface area (Å²) in [6.45, 7) is 5.02. The number of aliphatic hydroxyl groups is 1. The van der Waals surface area contributed by atoms with Crippen molar-refractivity contribution in [3.05, 3.63) is 0 Å². The van der Waals surface area contributed by atoms with E-state index < -0.39 is 0 Å². The van der Waals surface area contributed by atoms with Gasteiger partial charge in [-0.2, -0.15) is 0 Å². The van der Waals surface area contributed by atoms with Crippen molar-refractivity contribution in [2.45, 2.75) is 38.7 Å². The van der Waals surface area contributed by atoms with Gasteiger partial charge in [-0.15, -0.1) is 0 Å². The Kier molecular flexibility index (Phi) is 4.83. The Balaban J connectivity index is 1.65. The summed E-state index contributed by atoms with van der Waals surface area (Å²) in [6.07, 6.45) is 5.48. The van der Waals surface area contributed by atoms with Gasteiger partial charge in [-0.05, 0) is 51.0 Å². The Morgan fingerprint density at radius 3 is 2.76 bits per heavy atom. The second kappa shape index (κ2) is 6.17. The lowest BCUT2D eigenvalue weighted by Crippen LogP contribution is -2.36. The summed E-state index contributed by atoms with van der Waals surface area (Å²) >= 11 is 0. The van der Waals surface area contributed by atoms with E-state index in [0.29, 0.717) is 13.2 Å². The summed E-state index contributed by atoms with van der Waals surface area (Å²) < 4.78 is 5.24. The fraction of sp³-hybridized carbons (Fsp3) is 1.00. The Morgan fingerprint density at radius 2 is 2.18 bits per heavy atom. The van der Waals surface area contributed by atoms with Gasteiger partial charge in [0.05, 0.1) is 12.7 Å². The number of fused-ring (bicyclic) bond motifs is 2. The van der Waals surface area contributed by atoms with Gasteiger partial charge in [0.25, 0.3) is 0 Å². The molecule has 0 saturated heterocycles. The summed E-state index contributed by atoms with van der Waals surface area (Å²) in [5, 5.41) is 9.79. The SMILES string of the molecule is CCOCC(O)CN(C)CC1CC2CCC1C2. The fourth-order valence-corrected chi connectivity index (χ4v) is 3.74. The second-order valence-electron chi connectivity index (χ2n) is 5.97. The predicted molar refractivity (Wildman–Crippen MR) is 68.9 cm³/mol. The number of hydrogen-bond acceptors (Lipinski definition) is 3. The summed E-state index contributed by atoms with van der Waals surface area (Å²) in [6, 6.07) is 0. The van der Waals surface area contributed by atoms with E-state index in [9.17, 15) is 5.11 Å². The van der Waals surface area contributed by atoms with Gasteiger partial charge in [-0.1, -0.05) is 6.42 Å². The van der Waals surface area contributed by atoms with Crippen LogP contribution in [-0.2, 0) is 4.74 Å². The van der Waals surface area contributed by atoms with E-state index in [1.165, 1.54) is 25.7 Å². The Hall–Kier alpha value is -0.120. The third-order valence-corrected chi connectivity index (χ3v) is 4.47. The smallest absolute Gasteiger partial charge is 0.0900 e. The molecule has 0 radical (unpaired) electrons. The Morgan fingerprint density at radius 1 is 1.35 bits per heavy atom. The van der Waals surface area contributed by atoms with Gasteiger partial charge in [0.1, 0.15) is 0 Å². The normalized spacial score (nSPS) is 33.5. The van der Waals surface area contributed by atoms with Gasteiger partial charge >= 0.3 is 0 Å². The van der Waals surface area contributed by atoms with Crippen LogP contribution in [0.15, 0.2) is 0 Å². The molecule has 0 aliphatic heterocycles. The molecular weight excluding hydrogens is 214 g/mol. The molecular formula is C14H27NO2.